The normalized spacial score (nSPS) is 17.6. The van der Waals surface area contributed by atoms with Crippen molar-refractivity contribution < 1.29 is 9.59 Å². The Bertz CT molecular complexity index is 789. The number of carbonyl (C=O) groups is 2. The molecule has 1 fully saturated rings. The van der Waals surface area contributed by atoms with E-state index in [0.29, 0.717) is 29.8 Å². The van der Waals surface area contributed by atoms with Crippen LogP contribution in [-0.2, 0) is 0 Å². The van der Waals surface area contributed by atoms with Gasteiger partial charge in [-0.25, -0.2) is 0 Å². The fourth-order valence-corrected chi connectivity index (χ4v) is 3.36. The van der Waals surface area contributed by atoms with Crippen molar-refractivity contribution in [2.75, 3.05) is 6.54 Å². The van der Waals surface area contributed by atoms with Crippen LogP contribution in [0.5, 0.6) is 0 Å². The molecule has 25 heavy (non-hydrogen) atoms. The number of nitrogens with one attached hydrogen (secondary N) is 1. The Balaban J connectivity index is 1.78. The minimum absolute atomic E-state index is 0.0667. The Morgan fingerprint density at radius 1 is 1.16 bits per heavy atom. The van der Waals surface area contributed by atoms with Gasteiger partial charge in [0.15, 0.2) is 5.78 Å². The summed E-state index contributed by atoms with van der Waals surface area (Å²) in [6.07, 6.45) is 5.77. The van der Waals surface area contributed by atoms with Gasteiger partial charge in [0.05, 0.1) is 5.56 Å². The number of nitriles is 1. The first-order chi connectivity index (χ1) is 12.2. The third-order valence-electron chi connectivity index (χ3n) is 4.71. The predicted octanol–water partition coefficient (Wildman–Crippen LogP) is 3.54. The SMILES string of the molecule is N#Cc1cc(C(=O)N2CCCCCC2CC(=O)c2ccccc2)c[nH]1. The van der Waals surface area contributed by atoms with Crippen LogP contribution < -0.4 is 0 Å². The lowest BCUT2D eigenvalue weighted by atomic mass is 9.99. The monoisotopic (exact) mass is 335 g/mol. The first kappa shape index (κ1) is 17.0. The van der Waals surface area contributed by atoms with Crippen molar-refractivity contribution in [1.29, 1.82) is 5.26 Å². The highest BCUT2D eigenvalue weighted by atomic mass is 16.2. The first-order valence-corrected chi connectivity index (χ1v) is 8.67. The summed E-state index contributed by atoms with van der Waals surface area (Å²) < 4.78 is 0. The van der Waals surface area contributed by atoms with Crippen LogP contribution in [0.4, 0.5) is 0 Å². The lowest BCUT2D eigenvalue weighted by Gasteiger charge is -2.29. The van der Waals surface area contributed by atoms with E-state index in [1.807, 2.05) is 41.3 Å². The van der Waals surface area contributed by atoms with E-state index in [2.05, 4.69) is 4.98 Å². The van der Waals surface area contributed by atoms with E-state index in [1.165, 1.54) is 0 Å². The summed E-state index contributed by atoms with van der Waals surface area (Å²) in [4.78, 5) is 30.1. The second-order valence-electron chi connectivity index (χ2n) is 6.41. The summed E-state index contributed by atoms with van der Waals surface area (Å²) in [5, 5.41) is 8.93. The second kappa shape index (κ2) is 7.80. The third kappa shape index (κ3) is 3.97. The van der Waals surface area contributed by atoms with Crippen molar-refractivity contribution in [2.24, 2.45) is 0 Å². The fraction of sp³-hybridized carbons (Fsp3) is 0.350. The molecule has 1 N–H and O–H groups in total. The molecule has 2 aromatic rings. The molecule has 0 bridgehead atoms. The number of likely N-dealkylation sites (tertiary alicyclic amines) is 1. The zero-order valence-electron chi connectivity index (χ0n) is 14.1. The maximum absolute atomic E-state index is 12.9. The number of Topliss-reactive ketones (excluding diaryl/α,β-unsaturated/α-hetero) is 1. The Morgan fingerprint density at radius 3 is 2.68 bits per heavy atom. The van der Waals surface area contributed by atoms with Gasteiger partial charge in [0.2, 0.25) is 0 Å². The van der Waals surface area contributed by atoms with Crippen LogP contribution in [0, 0.1) is 11.3 Å². The summed E-state index contributed by atoms with van der Waals surface area (Å²) in [5.74, 6) is -0.0393. The molecule has 1 saturated heterocycles. The first-order valence-electron chi connectivity index (χ1n) is 8.67. The van der Waals surface area contributed by atoms with Gasteiger partial charge < -0.3 is 9.88 Å². The predicted molar refractivity (Wildman–Crippen MR) is 94.2 cm³/mol. The number of aromatic amines is 1. The molecule has 1 aromatic carbocycles. The van der Waals surface area contributed by atoms with Gasteiger partial charge in [0.1, 0.15) is 11.8 Å². The molecule has 1 unspecified atom stereocenters. The molecule has 0 spiro atoms. The third-order valence-corrected chi connectivity index (χ3v) is 4.71. The molecule has 1 aliphatic heterocycles. The van der Waals surface area contributed by atoms with Crippen molar-refractivity contribution in [1.82, 2.24) is 9.88 Å². The Morgan fingerprint density at radius 2 is 1.96 bits per heavy atom. The van der Waals surface area contributed by atoms with Crippen molar-refractivity contribution in [3.63, 3.8) is 0 Å². The van der Waals surface area contributed by atoms with E-state index in [1.54, 1.807) is 12.3 Å². The van der Waals surface area contributed by atoms with Crippen LogP contribution in [-0.4, -0.2) is 34.2 Å². The molecule has 128 valence electrons. The smallest absolute Gasteiger partial charge is 0.255 e. The van der Waals surface area contributed by atoms with Crippen LogP contribution in [0.25, 0.3) is 0 Å². The van der Waals surface area contributed by atoms with Crippen molar-refractivity contribution in [3.8, 4) is 6.07 Å². The van der Waals surface area contributed by atoms with Crippen LogP contribution >= 0.6 is 0 Å². The minimum atomic E-state index is -0.106. The number of ketones is 1. The number of hydrogen-bond donors (Lipinski definition) is 1. The highest BCUT2D eigenvalue weighted by Crippen LogP contribution is 2.23. The molecule has 0 saturated carbocycles. The van der Waals surface area contributed by atoms with Crippen LogP contribution in [0.1, 0.15) is 58.5 Å². The number of H-pyrrole nitrogens is 1. The molecule has 0 aliphatic carbocycles. The largest absolute Gasteiger partial charge is 0.352 e. The molecule has 2 heterocycles. The van der Waals surface area contributed by atoms with Gasteiger partial charge >= 0.3 is 0 Å². The molecule has 0 radical (unpaired) electrons. The maximum atomic E-state index is 12.9. The number of nitrogens with zero attached hydrogens (tertiary/aromatic N) is 2. The standard InChI is InChI=1S/C20H21N3O2/c21-13-17-11-16(14-22-17)20(25)23-10-6-2-5-9-18(23)12-19(24)15-7-3-1-4-8-15/h1,3-4,7-8,11,14,18,22H,2,5-6,9-10,12H2. The summed E-state index contributed by atoms with van der Waals surface area (Å²) in [6, 6.07) is 12.7. The summed E-state index contributed by atoms with van der Waals surface area (Å²) >= 11 is 0. The average Bonchev–Trinajstić information content (AvgIpc) is 3.02. The van der Waals surface area contributed by atoms with E-state index in [9.17, 15) is 9.59 Å². The number of carbonyl (C=O) groups excluding carboxylic acids is 2. The molecule has 1 amide bonds. The number of hydrogen-bond acceptors (Lipinski definition) is 3. The average molecular weight is 335 g/mol. The maximum Gasteiger partial charge on any atom is 0.255 e. The molecular formula is C20H21N3O2. The molecule has 3 rings (SSSR count). The van der Waals surface area contributed by atoms with Gasteiger partial charge in [-0.1, -0.05) is 43.2 Å². The zero-order chi connectivity index (χ0) is 17.6. The lowest BCUT2D eigenvalue weighted by Crippen LogP contribution is -2.41. The van der Waals surface area contributed by atoms with E-state index in [0.717, 1.165) is 25.7 Å². The van der Waals surface area contributed by atoms with Crippen molar-refractivity contribution in [3.05, 3.63) is 59.4 Å². The second-order valence-corrected chi connectivity index (χ2v) is 6.41. The molecule has 1 aromatic heterocycles. The van der Waals surface area contributed by atoms with E-state index in [4.69, 9.17) is 5.26 Å². The van der Waals surface area contributed by atoms with Crippen molar-refractivity contribution >= 4 is 11.7 Å². The fourth-order valence-electron chi connectivity index (χ4n) is 3.36. The molecule has 1 aliphatic rings. The van der Waals surface area contributed by atoms with Gasteiger partial charge in [0, 0.05) is 30.8 Å². The molecule has 1 atom stereocenters. The molecule has 5 heteroatoms. The summed E-state index contributed by atoms with van der Waals surface area (Å²) in [5.41, 5.74) is 1.54. The Labute approximate surface area is 147 Å². The van der Waals surface area contributed by atoms with E-state index in [-0.39, 0.29) is 17.7 Å². The quantitative estimate of drug-likeness (QED) is 0.868. The van der Waals surface area contributed by atoms with Gasteiger partial charge in [-0.2, -0.15) is 5.26 Å². The number of amides is 1. The van der Waals surface area contributed by atoms with Gasteiger partial charge in [0.25, 0.3) is 5.91 Å². The highest BCUT2D eigenvalue weighted by molar-refractivity contribution is 5.98. The minimum Gasteiger partial charge on any atom is -0.352 e. The van der Waals surface area contributed by atoms with Gasteiger partial charge in [-0.15, -0.1) is 0 Å². The number of rotatable bonds is 4. The Kier molecular flexibility index (Phi) is 5.30. The van der Waals surface area contributed by atoms with Gasteiger partial charge in [-0.05, 0) is 18.9 Å². The van der Waals surface area contributed by atoms with E-state index >= 15 is 0 Å². The zero-order valence-corrected chi connectivity index (χ0v) is 14.1. The highest BCUT2D eigenvalue weighted by Gasteiger charge is 2.28. The number of aromatic nitrogens is 1. The van der Waals surface area contributed by atoms with Crippen LogP contribution in [0.2, 0.25) is 0 Å². The van der Waals surface area contributed by atoms with Crippen LogP contribution in [0.15, 0.2) is 42.6 Å². The summed E-state index contributed by atoms with van der Waals surface area (Å²) in [6.45, 7) is 0.651. The molecular weight excluding hydrogens is 314 g/mol. The molecule has 5 nitrogen and oxygen atoms in total. The van der Waals surface area contributed by atoms with Gasteiger partial charge in [-0.3, -0.25) is 9.59 Å². The topological polar surface area (TPSA) is 77.0 Å². The van der Waals surface area contributed by atoms with E-state index < -0.39 is 0 Å². The lowest BCUT2D eigenvalue weighted by molar-refractivity contribution is 0.0659. The Hall–Kier alpha value is -2.87. The van der Waals surface area contributed by atoms with Crippen molar-refractivity contribution in [2.45, 2.75) is 38.1 Å². The summed E-state index contributed by atoms with van der Waals surface area (Å²) in [7, 11) is 0. The van der Waals surface area contributed by atoms with Crippen LogP contribution in [0.3, 0.4) is 0 Å². The number of benzene rings is 1.